The van der Waals surface area contributed by atoms with Gasteiger partial charge in [0.15, 0.2) is 0 Å². The highest BCUT2D eigenvalue weighted by Crippen LogP contribution is 2.23. The minimum absolute atomic E-state index is 0.177. The van der Waals surface area contributed by atoms with Crippen molar-refractivity contribution in [3.63, 3.8) is 0 Å². The second-order valence-electron chi connectivity index (χ2n) is 5.17. The van der Waals surface area contributed by atoms with Gasteiger partial charge in [-0.3, -0.25) is 4.79 Å². The quantitative estimate of drug-likeness (QED) is 0.852. The molecule has 0 N–H and O–H groups in total. The number of hydrogen-bond donors (Lipinski definition) is 0. The summed E-state index contributed by atoms with van der Waals surface area (Å²) in [6.45, 7) is 0.423. The molecule has 1 aliphatic rings. The molecule has 1 amide bonds. The highest BCUT2D eigenvalue weighted by Gasteiger charge is 2.31. The molecule has 1 heterocycles. The highest BCUT2D eigenvalue weighted by atomic mass is 16.5. The standard InChI is InChI=1S/C17H15NO4/c19-16(18-10-13(11-18)17(20)21)12-6-8-15(9-7-12)22-14-4-2-1-3-5-14/h1-9,13H,10-11H2,(H,20,21)/p-1. The van der Waals surface area contributed by atoms with Crippen LogP contribution in [-0.2, 0) is 4.79 Å². The Morgan fingerprint density at radius 1 is 0.955 bits per heavy atom. The molecule has 0 radical (unpaired) electrons. The molecule has 0 unspecified atom stereocenters. The molecule has 22 heavy (non-hydrogen) atoms. The lowest BCUT2D eigenvalue weighted by atomic mass is 9.99. The first kappa shape index (κ1) is 14.1. The van der Waals surface area contributed by atoms with Crippen LogP contribution in [0.25, 0.3) is 0 Å². The molecular weight excluding hydrogens is 282 g/mol. The van der Waals surface area contributed by atoms with Gasteiger partial charge >= 0.3 is 0 Å². The molecule has 2 aromatic carbocycles. The van der Waals surface area contributed by atoms with E-state index in [-0.39, 0.29) is 19.0 Å². The maximum Gasteiger partial charge on any atom is 0.253 e. The first-order valence-electron chi connectivity index (χ1n) is 6.96. The Bertz CT molecular complexity index is 676. The van der Waals surface area contributed by atoms with Crippen LogP contribution in [0.3, 0.4) is 0 Å². The normalized spacial score (nSPS) is 14.3. The number of likely N-dealkylation sites (tertiary alicyclic amines) is 1. The first-order valence-corrected chi connectivity index (χ1v) is 6.96. The Morgan fingerprint density at radius 2 is 1.55 bits per heavy atom. The van der Waals surface area contributed by atoms with Gasteiger partial charge in [0.25, 0.3) is 5.91 Å². The summed E-state index contributed by atoms with van der Waals surface area (Å²) in [4.78, 5) is 24.3. The van der Waals surface area contributed by atoms with Crippen molar-refractivity contribution in [2.75, 3.05) is 13.1 Å². The van der Waals surface area contributed by atoms with E-state index in [4.69, 9.17) is 4.74 Å². The number of rotatable bonds is 4. The van der Waals surface area contributed by atoms with Gasteiger partial charge in [-0.1, -0.05) is 18.2 Å². The van der Waals surface area contributed by atoms with Gasteiger partial charge in [0.1, 0.15) is 11.5 Å². The van der Waals surface area contributed by atoms with Crippen molar-refractivity contribution in [2.45, 2.75) is 0 Å². The van der Waals surface area contributed by atoms with Gasteiger partial charge in [-0.2, -0.15) is 0 Å². The zero-order chi connectivity index (χ0) is 15.5. The zero-order valence-electron chi connectivity index (χ0n) is 11.8. The van der Waals surface area contributed by atoms with E-state index in [1.807, 2.05) is 30.3 Å². The zero-order valence-corrected chi connectivity index (χ0v) is 11.8. The molecular formula is C17H14NO4-. The number of amides is 1. The fourth-order valence-corrected chi connectivity index (χ4v) is 2.27. The number of para-hydroxylation sites is 1. The highest BCUT2D eigenvalue weighted by molar-refractivity contribution is 5.95. The molecule has 0 saturated carbocycles. The van der Waals surface area contributed by atoms with Crippen molar-refractivity contribution < 1.29 is 19.4 Å². The van der Waals surface area contributed by atoms with Crippen LogP contribution in [0.1, 0.15) is 10.4 Å². The van der Waals surface area contributed by atoms with E-state index in [9.17, 15) is 14.7 Å². The van der Waals surface area contributed by atoms with Crippen LogP contribution in [0.4, 0.5) is 0 Å². The Labute approximate surface area is 127 Å². The van der Waals surface area contributed by atoms with Gasteiger partial charge < -0.3 is 19.5 Å². The number of aliphatic carboxylic acids is 1. The molecule has 3 rings (SSSR count). The molecule has 0 spiro atoms. The molecule has 112 valence electrons. The summed E-state index contributed by atoms with van der Waals surface area (Å²) in [5.74, 6) is -0.468. The van der Waals surface area contributed by atoms with E-state index >= 15 is 0 Å². The van der Waals surface area contributed by atoms with E-state index in [0.717, 1.165) is 5.75 Å². The van der Waals surface area contributed by atoms with Gasteiger partial charge in [0, 0.05) is 30.5 Å². The Hall–Kier alpha value is -2.82. The van der Waals surface area contributed by atoms with Crippen LogP contribution in [0.15, 0.2) is 54.6 Å². The van der Waals surface area contributed by atoms with Crippen molar-refractivity contribution in [1.29, 1.82) is 0 Å². The van der Waals surface area contributed by atoms with Crippen LogP contribution >= 0.6 is 0 Å². The molecule has 0 aromatic heterocycles. The number of hydrogen-bond acceptors (Lipinski definition) is 4. The van der Waals surface area contributed by atoms with E-state index < -0.39 is 11.9 Å². The van der Waals surface area contributed by atoms with Crippen molar-refractivity contribution in [2.24, 2.45) is 5.92 Å². The summed E-state index contributed by atoms with van der Waals surface area (Å²) in [5.41, 5.74) is 0.511. The number of ether oxygens (including phenoxy) is 1. The number of carboxylic acid groups (broad SMARTS) is 1. The van der Waals surface area contributed by atoms with E-state index in [2.05, 4.69) is 0 Å². The van der Waals surface area contributed by atoms with Crippen LogP contribution in [0.2, 0.25) is 0 Å². The monoisotopic (exact) mass is 296 g/mol. The molecule has 0 aliphatic carbocycles. The second kappa shape index (κ2) is 5.89. The molecule has 1 aliphatic heterocycles. The van der Waals surface area contributed by atoms with Crippen molar-refractivity contribution in [3.8, 4) is 11.5 Å². The minimum atomic E-state index is -1.10. The Balaban J connectivity index is 1.62. The number of benzene rings is 2. The summed E-state index contributed by atoms with van der Waals surface area (Å²) in [5, 5.41) is 10.6. The molecule has 1 fully saturated rings. The molecule has 5 nitrogen and oxygen atoms in total. The average molecular weight is 296 g/mol. The average Bonchev–Trinajstić information content (AvgIpc) is 2.47. The van der Waals surface area contributed by atoms with Crippen molar-refractivity contribution in [3.05, 3.63) is 60.2 Å². The van der Waals surface area contributed by atoms with Gasteiger partial charge in [0.2, 0.25) is 0 Å². The van der Waals surface area contributed by atoms with Crippen LogP contribution < -0.4 is 9.84 Å². The summed E-state index contributed by atoms with van der Waals surface area (Å²) >= 11 is 0. The van der Waals surface area contributed by atoms with Gasteiger partial charge in [-0.05, 0) is 36.4 Å². The second-order valence-corrected chi connectivity index (χ2v) is 5.17. The van der Waals surface area contributed by atoms with Gasteiger partial charge in [-0.15, -0.1) is 0 Å². The summed E-state index contributed by atoms with van der Waals surface area (Å²) < 4.78 is 5.65. The predicted octanol–water partition coefficient (Wildman–Crippen LogP) is 1.30. The van der Waals surface area contributed by atoms with Gasteiger partial charge in [-0.25, -0.2) is 0 Å². The maximum absolute atomic E-state index is 12.1. The number of carboxylic acids is 1. The van der Waals surface area contributed by atoms with E-state index in [0.29, 0.717) is 11.3 Å². The molecule has 1 saturated heterocycles. The number of carbonyl (C=O) groups is 2. The lowest BCUT2D eigenvalue weighted by molar-refractivity contribution is -0.314. The molecule has 2 aromatic rings. The Morgan fingerprint density at radius 3 is 2.14 bits per heavy atom. The summed E-state index contributed by atoms with van der Waals surface area (Å²) in [6, 6.07) is 16.1. The first-order chi connectivity index (χ1) is 10.6. The van der Waals surface area contributed by atoms with Crippen molar-refractivity contribution in [1.82, 2.24) is 4.90 Å². The third kappa shape index (κ3) is 2.93. The minimum Gasteiger partial charge on any atom is -0.550 e. The fourth-order valence-electron chi connectivity index (χ4n) is 2.27. The summed E-state index contributed by atoms with van der Waals surface area (Å²) in [7, 11) is 0. The SMILES string of the molecule is O=C([O-])C1CN(C(=O)c2ccc(Oc3ccccc3)cc2)C1. The lowest BCUT2D eigenvalue weighted by Gasteiger charge is -2.39. The number of carbonyl (C=O) groups excluding carboxylic acids is 2. The fraction of sp³-hybridized carbons (Fsp3) is 0.176. The topological polar surface area (TPSA) is 69.7 Å². The van der Waals surface area contributed by atoms with Crippen LogP contribution in [-0.4, -0.2) is 29.9 Å². The molecule has 5 heteroatoms. The van der Waals surface area contributed by atoms with Crippen molar-refractivity contribution >= 4 is 11.9 Å². The Kier molecular flexibility index (Phi) is 3.78. The number of nitrogens with zero attached hydrogens (tertiary/aromatic N) is 1. The van der Waals surface area contributed by atoms with Gasteiger partial charge in [0.05, 0.1) is 0 Å². The van der Waals surface area contributed by atoms with E-state index in [1.165, 1.54) is 4.90 Å². The predicted molar refractivity (Wildman–Crippen MR) is 77.4 cm³/mol. The third-order valence-electron chi connectivity index (χ3n) is 3.58. The largest absolute Gasteiger partial charge is 0.550 e. The summed E-state index contributed by atoms with van der Waals surface area (Å²) in [6.07, 6.45) is 0. The lowest BCUT2D eigenvalue weighted by Crippen LogP contribution is -2.56. The third-order valence-corrected chi connectivity index (χ3v) is 3.58. The molecule has 0 bridgehead atoms. The van der Waals surface area contributed by atoms with Crippen LogP contribution in [0.5, 0.6) is 11.5 Å². The smallest absolute Gasteiger partial charge is 0.253 e. The van der Waals surface area contributed by atoms with Crippen LogP contribution in [0, 0.1) is 5.92 Å². The van der Waals surface area contributed by atoms with E-state index in [1.54, 1.807) is 24.3 Å². The maximum atomic E-state index is 12.1. The molecule has 0 atom stereocenters.